The van der Waals surface area contributed by atoms with Crippen molar-refractivity contribution in [2.45, 2.75) is 25.0 Å². The van der Waals surface area contributed by atoms with Crippen LogP contribution in [0, 0.1) is 0 Å². The van der Waals surface area contributed by atoms with Gasteiger partial charge in [0.1, 0.15) is 6.04 Å². The van der Waals surface area contributed by atoms with Crippen LogP contribution in [0.25, 0.3) is 10.8 Å². The van der Waals surface area contributed by atoms with Crippen LogP contribution in [0.5, 0.6) is 0 Å². The number of β-amino-alcohol motifs (C(OH)–C–C–N with tert-alkyl or cyclic N) is 1. The number of likely N-dealkylation sites (tertiary alicyclic amines) is 1. The summed E-state index contributed by atoms with van der Waals surface area (Å²) in [6, 6.07) is 13.4. The monoisotopic (exact) mass is 285 g/mol. The predicted octanol–water partition coefficient (Wildman–Crippen LogP) is 2.42. The molecule has 21 heavy (non-hydrogen) atoms. The molecule has 1 fully saturated rings. The van der Waals surface area contributed by atoms with E-state index in [0.717, 1.165) is 29.3 Å². The molecule has 0 saturated carbocycles. The lowest BCUT2D eigenvalue weighted by Crippen LogP contribution is -2.38. The van der Waals surface area contributed by atoms with E-state index in [1.54, 1.807) is 0 Å². The zero-order valence-electron chi connectivity index (χ0n) is 11.8. The normalized spacial score (nSPS) is 20.7. The fourth-order valence-corrected chi connectivity index (χ4v) is 3.07. The smallest absolute Gasteiger partial charge is 0.320 e. The molecule has 4 heteroatoms. The molecule has 110 valence electrons. The van der Waals surface area contributed by atoms with E-state index in [9.17, 15) is 15.0 Å². The first-order chi connectivity index (χ1) is 10.1. The molecule has 1 aliphatic rings. The third-order valence-corrected chi connectivity index (χ3v) is 4.21. The SMILES string of the molecule is O=C(O)C1CCCN1CC(O)c1ccc2ccccc2c1. The average molecular weight is 285 g/mol. The van der Waals surface area contributed by atoms with Gasteiger partial charge in [0.25, 0.3) is 0 Å². The number of aliphatic hydroxyl groups excluding tert-OH is 1. The number of hydrogen-bond acceptors (Lipinski definition) is 3. The van der Waals surface area contributed by atoms with Gasteiger partial charge in [-0.05, 0) is 41.8 Å². The number of aliphatic hydroxyl groups is 1. The van der Waals surface area contributed by atoms with Crippen molar-refractivity contribution in [2.24, 2.45) is 0 Å². The van der Waals surface area contributed by atoms with Gasteiger partial charge < -0.3 is 10.2 Å². The Morgan fingerprint density at radius 2 is 2.00 bits per heavy atom. The molecule has 1 heterocycles. The Labute approximate surface area is 123 Å². The van der Waals surface area contributed by atoms with Crippen molar-refractivity contribution in [3.63, 3.8) is 0 Å². The second kappa shape index (κ2) is 5.84. The lowest BCUT2D eigenvalue weighted by atomic mass is 10.0. The van der Waals surface area contributed by atoms with Crippen molar-refractivity contribution in [2.75, 3.05) is 13.1 Å². The fourth-order valence-electron chi connectivity index (χ4n) is 3.07. The highest BCUT2D eigenvalue weighted by molar-refractivity contribution is 5.83. The highest BCUT2D eigenvalue weighted by Crippen LogP contribution is 2.24. The van der Waals surface area contributed by atoms with E-state index < -0.39 is 18.1 Å². The Hall–Kier alpha value is -1.91. The summed E-state index contributed by atoms with van der Waals surface area (Å²) in [5, 5.41) is 21.8. The van der Waals surface area contributed by atoms with Gasteiger partial charge in [0.05, 0.1) is 6.10 Å². The van der Waals surface area contributed by atoms with Gasteiger partial charge >= 0.3 is 5.97 Å². The lowest BCUT2D eigenvalue weighted by Gasteiger charge is -2.24. The maximum absolute atomic E-state index is 11.2. The summed E-state index contributed by atoms with van der Waals surface area (Å²) in [5.74, 6) is -0.793. The van der Waals surface area contributed by atoms with Crippen molar-refractivity contribution in [3.8, 4) is 0 Å². The highest BCUT2D eigenvalue weighted by Gasteiger charge is 2.31. The molecule has 0 bridgehead atoms. The van der Waals surface area contributed by atoms with Gasteiger partial charge in [0.15, 0.2) is 0 Å². The molecular weight excluding hydrogens is 266 g/mol. The molecule has 0 radical (unpaired) electrons. The Morgan fingerprint density at radius 3 is 2.76 bits per heavy atom. The first-order valence-electron chi connectivity index (χ1n) is 7.29. The fraction of sp³-hybridized carbons (Fsp3) is 0.353. The lowest BCUT2D eigenvalue weighted by molar-refractivity contribution is -0.142. The Kier molecular flexibility index (Phi) is 3.90. The summed E-state index contributed by atoms with van der Waals surface area (Å²) in [6.45, 7) is 1.11. The van der Waals surface area contributed by atoms with Crippen LogP contribution in [0.15, 0.2) is 42.5 Å². The van der Waals surface area contributed by atoms with Crippen LogP contribution in [0.3, 0.4) is 0 Å². The molecule has 2 unspecified atom stereocenters. The third kappa shape index (κ3) is 2.91. The molecule has 0 spiro atoms. The number of aliphatic carboxylic acids is 1. The summed E-state index contributed by atoms with van der Waals surface area (Å²) in [7, 11) is 0. The van der Waals surface area contributed by atoms with Gasteiger partial charge in [-0.25, -0.2) is 0 Å². The Balaban J connectivity index is 1.77. The van der Waals surface area contributed by atoms with E-state index in [2.05, 4.69) is 0 Å². The van der Waals surface area contributed by atoms with E-state index in [0.29, 0.717) is 13.0 Å². The summed E-state index contributed by atoms with van der Waals surface area (Å²) in [5.41, 5.74) is 0.838. The molecule has 2 N–H and O–H groups in total. The minimum atomic E-state index is -0.793. The van der Waals surface area contributed by atoms with Crippen LogP contribution in [0.1, 0.15) is 24.5 Å². The third-order valence-electron chi connectivity index (χ3n) is 4.21. The number of carboxylic acid groups (broad SMARTS) is 1. The standard InChI is InChI=1S/C17H19NO3/c19-16(11-18-9-3-6-15(18)17(20)21)14-8-7-12-4-1-2-5-13(12)10-14/h1-2,4-5,7-8,10,15-16,19H,3,6,9,11H2,(H,20,21). The number of carboxylic acids is 1. The zero-order chi connectivity index (χ0) is 14.8. The van der Waals surface area contributed by atoms with Gasteiger partial charge in [-0.15, -0.1) is 0 Å². The Bertz CT molecular complexity index is 655. The highest BCUT2D eigenvalue weighted by atomic mass is 16.4. The number of fused-ring (bicyclic) bond motifs is 1. The summed E-state index contributed by atoms with van der Waals surface area (Å²) in [6.07, 6.45) is 0.885. The predicted molar refractivity (Wildman–Crippen MR) is 81.1 cm³/mol. The van der Waals surface area contributed by atoms with E-state index >= 15 is 0 Å². The average Bonchev–Trinajstić information content (AvgIpc) is 2.95. The van der Waals surface area contributed by atoms with Crippen molar-refractivity contribution < 1.29 is 15.0 Å². The van der Waals surface area contributed by atoms with E-state index in [1.165, 1.54) is 0 Å². The molecule has 2 aromatic rings. The number of carbonyl (C=O) groups is 1. The van der Waals surface area contributed by atoms with Crippen LogP contribution in [0.2, 0.25) is 0 Å². The molecule has 1 aliphatic heterocycles. The van der Waals surface area contributed by atoms with E-state index in [1.807, 2.05) is 47.4 Å². The largest absolute Gasteiger partial charge is 0.480 e. The number of rotatable bonds is 4. The van der Waals surface area contributed by atoms with Crippen LogP contribution >= 0.6 is 0 Å². The molecule has 4 nitrogen and oxygen atoms in total. The van der Waals surface area contributed by atoms with Gasteiger partial charge in [-0.1, -0.05) is 36.4 Å². The molecule has 3 rings (SSSR count). The van der Waals surface area contributed by atoms with Gasteiger partial charge in [0, 0.05) is 6.54 Å². The maximum atomic E-state index is 11.2. The topological polar surface area (TPSA) is 60.8 Å². The molecule has 1 saturated heterocycles. The molecular formula is C17H19NO3. The summed E-state index contributed by atoms with van der Waals surface area (Å²) < 4.78 is 0. The molecule has 2 aromatic carbocycles. The van der Waals surface area contributed by atoms with E-state index in [4.69, 9.17) is 0 Å². The summed E-state index contributed by atoms with van der Waals surface area (Å²) in [4.78, 5) is 13.0. The van der Waals surface area contributed by atoms with Crippen LogP contribution < -0.4 is 0 Å². The second-order valence-electron chi connectivity index (χ2n) is 5.61. The quantitative estimate of drug-likeness (QED) is 0.905. The first kappa shape index (κ1) is 14.0. The minimum Gasteiger partial charge on any atom is -0.480 e. The zero-order valence-corrected chi connectivity index (χ0v) is 11.8. The second-order valence-corrected chi connectivity index (χ2v) is 5.61. The summed E-state index contributed by atoms with van der Waals surface area (Å²) >= 11 is 0. The first-order valence-corrected chi connectivity index (χ1v) is 7.29. The van der Waals surface area contributed by atoms with Gasteiger partial charge in [-0.3, -0.25) is 9.69 Å². The molecule has 2 atom stereocenters. The van der Waals surface area contributed by atoms with E-state index in [-0.39, 0.29) is 0 Å². The van der Waals surface area contributed by atoms with Crippen molar-refractivity contribution in [1.29, 1.82) is 0 Å². The minimum absolute atomic E-state index is 0.370. The van der Waals surface area contributed by atoms with Crippen LogP contribution in [0.4, 0.5) is 0 Å². The van der Waals surface area contributed by atoms with Gasteiger partial charge in [-0.2, -0.15) is 0 Å². The molecule has 0 aromatic heterocycles. The van der Waals surface area contributed by atoms with Crippen molar-refractivity contribution in [1.82, 2.24) is 4.90 Å². The molecule has 0 amide bonds. The number of nitrogens with zero attached hydrogens (tertiary/aromatic N) is 1. The van der Waals surface area contributed by atoms with Crippen molar-refractivity contribution in [3.05, 3.63) is 48.0 Å². The maximum Gasteiger partial charge on any atom is 0.320 e. The van der Waals surface area contributed by atoms with Crippen LogP contribution in [-0.4, -0.2) is 40.2 Å². The van der Waals surface area contributed by atoms with Crippen molar-refractivity contribution >= 4 is 16.7 Å². The Morgan fingerprint density at radius 1 is 1.24 bits per heavy atom. The molecule has 0 aliphatic carbocycles. The van der Waals surface area contributed by atoms with Crippen LogP contribution in [-0.2, 0) is 4.79 Å². The number of hydrogen-bond donors (Lipinski definition) is 2. The van der Waals surface area contributed by atoms with Gasteiger partial charge in [0.2, 0.25) is 0 Å². The number of benzene rings is 2.